The van der Waals surface area contributed by atoms with Crippen molar-refractivity contribution < 1.29 is 27.7 Å². The molecular weight excluding hydrogens is 381 g/mol. The van der Waals surface area contributed by atoms with E-state index in [0.29, 0.717) is 31.6 Å². The largest absolute Gasteiger partial charge is 0.493 e. The minimum atomic E-state index is -4.44. The summed E-state index contributed by atoms with van der Waals surface area (Å²) >= 11 is 0. The minimum absolute atomic E-state index is 0.102. The first-order valence-electron chi connectivity index (χ1n) is 10.1. The molecule has 0 heterocycles. The highest BCUT2D eigenvalue weighted by Crippen LogP contribution is 2.37. The van der Waals surface area contributed by atoms with E-state index >= 15 is 0 Å². The molecule has 0 radical (unpaired) electrons. The third-order valence-electron chi connectivity index (χ3n) is 4.45. The van der Waals surface area contributed by atoms with Crippen LogP contribution in [-0.4, -0.2) is 19.8 Å². The van der Waals surface area contributed by atoms with Crippen molar-refractivity contribution in [1.29, 1.82) is 0 Å². The van der Waals surface area contributed by atoms with Crippen LogP contribution in [-0.2, 0) is 28.8 Å². The monoisotopic (exact) mass is 410 g/mol. The highest BCUT2D eigenvalue weighted by molar-refractivity contribution is 5.39. The Kier molecular flexibility index (Phi) is 10.0. The van der Waals surface area contributed by atoms with Crippen molar-refractivity contribution >= 4 is 0 Å². The van der Waals surface area contributed by atoms with E-state index in [9.17, 15) is 13.2 Å². The van der Waals surface area contributed by atoms with Gasteiger partial charge in [0.15, 0.2) is 0 Å². The molecule has 0 atom stereocenters. The Labute approximate surface area is 170 Å². The summed E-state index contributed by atoms with van der Waals surface area (Å²) in [5.74, 6) is -0.102. The molecule has 29 heavy (non-hydrogen) atoms. The third-order valence-corrected chi connectivity index (χ3v) is 4.45. The van der Waals surface area contributed by atoms with Gasteiger partial charge in [-0.3, -0.25) is 0 Å². The zero-order chi connectivity index (χ0) is 21.0. The van der Waals surface area contributed by atoms with Gasteiger partial charge in [0.25, 0.3) is 0 Å². The Morgan fingerprint density at radius 3 is 2.24 bits per heavy atom. The Bertz CT molecular complexity index is 702. The van der Waals surface area contributed by atoms with Crippen LogP contribution >= 0.6 is 0 Å². The van der Waals surface area contributed by atoms with Gasteiger partial charge in [-0.15, -0.1) is 0 Å². The van der Waals surface area contributed by atoms with Crippen molar-refractivity contribution in [1.82, 2.24) is 0 Å². The van der Waals surface area contributed by atoms with Gasteiger partial charge in [0.05, 0.1) is 25.4 Å². The van der Waals surface area contributed by atoms with Crippen molar-refractivity contribution in [2.24, 2.45) is 0 Å². The quantitative estimate of drug-likeness (QED) is 0.217. The van der Waals surface area contributed by atoms with E-state index in [1.807, 2.05) is 18.2 Å². The van der Waals surface area contributed by atoms with Crippen LogP contribution in [0.25, 0.3) is 0 Å². The maximum Gasteiger partial charge on any atom is 0.419 e. The Balaban J connectivity index is 1.79. The average Bonchev–Trinajstić information content (AvgIpc) is 2.71. The summed E-state index contributed by atoms with van der Waals surface area (Å²) in [4.78, 5) is 9.66. The average molecular weight is 410 g/mol. The van der Waals surface area contributed by atoms with E-state index in [1.54, 1.807) is 13.0 Å². The van der Waals surface area contributed by atoms with Crippen molar-refractivity contribution in [3.05, 3.63) is 65.2 Å². The third kappa shape index (κ3) is 8.88. The molecule has 0 spiro atoms. The van der Waals surface area contributed by atoms with Crippen LogP contribution in [0.3, 0.4) is 0 Å². The van der Waals surface area contributed by atoms with Crippen LogP contribution in [0.5, 0.6) is 5.75 Å². The first-order valence-corrected chi connectivity index (χ1v) is 10.1. The molecule has 160 valence electrons. The van der Waals surface area contributed by atoms with Gasteiger partial charge in [0.2, 0.25) is 0 Å². The van der Waals surface area contributed by atoms with Crippen molar-refractivity contribution in [2.75, 3.05) is 19.8 Å². The highest BCUT2D eigenvalue weighted by Gasteiger charge is 2.34. The lowest BCUT2D eigenvalue weighted by molar-refractivity contribution is -0.291. The number of hydrogen-bond acceptors (Lipinski definition) is 3. The predicted molar refractivity (Wildman–Crippen MR) is 107 cm³/mol. The van der Waals surface area contributed by atoms with Gasteiger partial charge in [0.1, 0.15) is 5.75 Å². The van der Waals surface area contributed by atoms with Crippen LogP contribution in [0.1, 0.15) is 49.3 Å². The fourth-order valence-electron chi connectivity index (χ4n) is 2.99. The van der Waals surface area contributed by atoms with E-state index in [-0.39, 0.29) is 12.4 Å². The van der Waals surface area contributed by atoms with E-state index in [2.05, 4.69) is 12.1 Å². The molecule has 2 aromatic carbocycles. The van der Waals surface area contributed by atoms with Gasteiger partial charge in [-0.1, -0.05) is 36.4 Å². The van der Waals surface area contributed by atoms with Gasteiger partial charge < -0.3 is 4.74 Å². The number of benzene rings is 2. The number of unbranched alkanes of at least 4 members (excludes halogenated alkanes) is 2. The molecule has 0 amide bonds. The molecule has 0 unspecified atom stereocenters. The second-order valence-corrected chi connectivity index (χ2v) is 6.81. The fraction of sp³-hybridized carbons (Fsp3) is 0.478. The van der Waals surface area contributed by atoms with Gasteiger partial charge >= 0.3 is 6.18 Å². The van der Waals surface area contributed by atoms with E-state index in [1.165, 1.54) is 17.7 Å². The number of hydrogen-bond donors (Lipinski definition) is 0. The molecule has 0 fully saturated rings. The molecule has 0 aliphatic rings. The number of rotatable bonds is 13. The number of halogens is 3. The smallest absolute Gasteiger partial charge is 0.419 e. The summed E-state index contributed by atoms with van der Waals surface area (Å²) in [5, 5.41) is 0. The lowest BCUT2D eigenvalue weighted by atomic mass is 10.1. The van der Waals surface area contributed by atoms with Gasteiger partial charge in [-0.2, -0.15) is 13.2 Å². The maximum atomic E-state index is 13.4. The summed E-state index contributed by atoms with van der Waals surface area (Å²) in [6, 6.07) is 14.4. The van der Waals surface area contributed by atoms with E-state index in [0.717, 1.165) is 25.7 Å². The fourth-order valence-corrected chi connectivity index (χ4v) is 2.99. The van der Waals surface area contributed by atoms with Gasteiger partial charge in [-0.25, -0.2) is 9.78 Å². The molecule has 6 heteroatoms. The zero-order valence-electron chi connectivity index (χ0n) is 16.8. The molecule has 0 bridgehead atoms. The van der Waals surface area contributed by atoms with E-state index < -0.39 is 11.7 Å². The molecule has 0 aromatic heterocycles. The SMILES string of the molecule is CCOOCCCc1ccc(OCCCCCc2ccccc2)c(C(F)(F)F)c1. The molecule has 0 saturated heterocycles. The second-order valence-electron chi connectivity index (χ2n) is 6.81. The standard InChI is InChI=1S/C23H29F3O3/c1-2-28-29-17-9-13-20-14-15-22(21(18-20)23(24,25)26)27-16-8-4-7-12-19-10-5-3-6-11-19/h3,5-6,10-11,14-15,18H,2,4,7-9,12-13,16-17H2,1H3. The molecule has 2 aromatic rings. The highest BCUT2D eigenvalue weighted by atomic mass is 19.4. The molecule has 3 nitrogen and oxygen atoms in total. The van der Waals surface area contributed by atoms with Crippen LogP contribution in [0.15, 0.2) is 48.5 Å². The van der Waals surface area contributed by atoms with Crippen molar-refractivity contribution in [2.45, 2.75) is 51.6 Å². The van der Waals surface area contributed by atoms with Crippen LogP contribution in [0.4, 0.5) is 13.2 Å². The second kappa shape index (κ2) is 12.5. The first-order chi connectivity index (χ1) is 14.0. The summed E-state index contributed by atoms with van der Waals surface area (Å²) in [7, 11) is 0. The van der Waals surface area contributed by atoms with Crippen LogP contribution < -0.4 is 4.74 Å². The Morgan fingerprint density at radius 2 is 1.52 bits per heavy atom. The molecule has 2 rings (SSSR count). The number of aryl methyl sites for hydroxylation is 2. The van der Waals surface area contributed by atoms with Crippen LogP contribution in [0.2, 0.25) is 0 Å². The zero-order valence-corrected chi connectivity index (χ0v) is 16.8. The molecule has 0 N–H and O–H groups in total. The lowest BCUT2D eigenvalue weighted by Gasteiger charge is -2.15. The first kappa shape index (κ1) is 23.2. The lowest BCUT2D eigenvalue weighted by Crippen LogP contribution is -2.10. The van der Waals surface area contributed by atoms with Gasteiger partial charge in [-0.05, 0) is 68.7 Å². The van der Waals surface area contributed by atoms with Crippen LogP contribution in [0, 0.1) is 0 Å². The topological polar surface area (TPSA) is 27.7 Å². The number of alkyl halides is 3. The number of ether oxygens (including phenoxy) is 1. The minimum Gasteiger partial charge on any atom is -0.493 e. The van der Waals surface area contributed by atoms with Crippen molar-refractivity contribution in [3.8, 4) is 5.75 Å². The van der Waals surface area contributed by atoms with Gasteiger partial charge in [0, 0.05) is 0 Å². The van der Waals surface area contributed by atoms with E-state index in [4.69, 9.17) is 14.5 Å². The Hall–Kier alpha value is -2.05. The normalized spacial score (nSPS) is 11.6. The summed E-state index contributed by atoms with van der Waals surface area (Å²) in [6.07, 6.45) is 0.211. The molecule has 0 aliphatic carbocycles. The Morgan fingerprint density at radius 1 is 0.759 bits per heavy atom. The van der Waals surface area contributed by atoms with Crippen molar-refractivity contribution in [3.63, 3.8) is 0 Å². The summed E-state index contributed by atoms with van der Waals surface area (Å²) in [6.45, 7) is 2.87. The maximum absolute atomic E-state index is 13.4. The predicted octanol–water partition coefficient (Wildman–Crippen LogP) is 6.40. The molecule has 0 saturated carbocycles. The molecule has 0 aliphatic heterocycles. The molecular formula is C23H29F3O3. The summed E-state index contributed by atoms with van der Waals surface area (Å²) in [5.41, 5.74) is 1.16. The summed E-state index contributed by atoms with van der Waals surface area (Å²) < 4.78 is 45.7.